The number of aryl methyl sites for hydroxylation is 2. The van der Waals surface area contributed by atoms with Crippen LogP contribution in [-0.4, -0.2) is 16.8 Å². The molecule has 0 bridgehead atoms. The highest BCUT2D eigenvalue weighted by Gasteiger charge is 2.47. The van der Waals surface area contributed by atoms with Gasteiger partial charge < -0.3 is 14.8 Å². The van der Waals surface area contributed by atoms with Crippen molar-refractivity contribution in [1.29, 1.82) is 0 Å². The van der Waals surface area contributed by atoms with Crippen molar-refractivity contribution in [1.82, 2.24) is 0 Å². The van der Waals surface area contributed by atoms with Crippen LogP contribution in [0.3, 0.4) is 0 Å². The Bertz CT molecular complexity index is 776. The molecule has 0 saturated heterocycles. The van der Waals surface area contributed by atoms with Crippen LogP contribution in [0.25, 0.3) is 0 Å². The van der Waals surface area contributed by atoms with Gasteiger partial charge in [-0.05, 0) is 37.6 Å². The Hall–Kier alpha value is -1.92. The summed E-state index contributed by atoms with van der Waals surface area (Å²) >= 11 is 3.31. The zero-order chi connectivity index (χ0) is 16.1. The molecule has 114 valence electrons. The number of ketones is 1. The lowest BCUT2D eigenvalue weighted by molar-refractivity contribution is -0.133. The number of furan rings is 1. The summed E-state index contributed by atoms with van der Waals surface area (Å²) < 4.78 is 5.94. The molecule has 1 aliphatic heterocycles. The highest BCUT2D eigenvalue weighted by atomic mass is 79.9. The summed E-state index contributed by atoms with van der Waals surface area (Å²) in [6.07, 6.45) is 1.16. The van der Waals surface area contributed by atoms with Gasteiger partial charge in [-0.25, -0.2) is 0 Å². The number of carbonyl (C=O) groups is 2. The van der Waals surface area contributed by atoms with Crippen molar-refractivity contribution < 1.29 is 19.1 Å². The molecule has 1 aromatic carbocycles. The number of halogens is 1. The largest absolute Gasteiger partial charge is 0.469 e. The van der Waals surface area contributed by atoms with E-state index in [0.29, 0.717) is 28.1 Å². The molecule has 3 rings (SSSR count). The molecule has 5 nitrogen and oxygen atoms in total. The van der Waals surface area contributed by atoms with Crippen molar-refractivity contribution in [3.05, 3.63) is 51.4 Å². The molecular weight excluding hydrogens is 350 g/mol. The van der Waals surface area contributed by atoms with E-state index < -0.39 is 11.5 Å². The van der Waals surface area contributed by atoms with Crippen LogP contribution in [0.15, 0.2) is 33.4 Å². The minimum Gasteiger partial charge on any atom is -0.469 e. The zero-order valence-electron chi connectivity index (χ0n) is 12.1. The van der Waals surface area contributed by atoms with E-state index in [-0.39, 0.29) is 12.2 Å². The van der Waals surface area contributed by atoms with Crippen LogP contribution in [-0.2, 0) is 10.4 Å². The Labute approximate surface area is 135 Å². The number of Topliss-reactive ketones (excluding diaryl/α,β-unsaturated/α-hetero) is 1. The zero-order valence-corrected chi connectivity index (χ0v) is 13.7. The summed E-state index contributed by atoms with van der Waals surface area (Å²) in [6, 6.07) is 5.10. The topological polar surface area (TPSA) is 79.5 Å². The predicted octanol–water partition coefficient (Wildman–Crippen LogP) is 3.07. The summed E-state index contributed by atoms with van der Waals surface area (Å²) in [5.74, 6) is -0.430. The van der Waals surface area contributed by atoms with E-state index in [0.717, 1.165) is 4.47 Å². The number of hydrogen-bond acceptors (Lipinski definition) is 4. The number of aliphatic hydroxyl groups is 1. The van der Waals surface area contributed by atoms with E-state index in [4.69, 9.17) is 4.42 Å². The minimum atomic E-state index is -1.87. The molecule has 22 heavy (non-hydrogen) atoms. The molecule has 1 aromatic heterocycles. The number of benzene rings is 1. The second-order valence-electron chi connectivity index (χ2n) is 5.45. The van der Waals surface area contributed by atoms with Gasteiger partial charge in [0.1, 0.15) is 5.76 Å². The summed E-state index contributed by atoms with van der Waals surface area (Å²) in [5.41, 5.74) is 0.165. The molecule has 1 unspecified atom stereocenters. The molecule has 2 aromatic rings. The van der Waals surface area contributed by atoms with E-state index in [9.17, 15) is 14.7 Å². The number of carbonyl (C=O) groups excluding carboxylic acids is 2. The molecule has 1 amide bonds. The van der Waals surface area contributed by atoms with Gasteiger partial charge in [0.2, 0.25) is 0 Å². The Morgan fingerprint density at radius 3 is 2.77 bits per heavy atom. The highest BCUT2D eigenvalue weighted by Crippen LogP contribution is 2.40. The number of anilines is 1. The van der Waals surface area contributed by atoms with Gasteiger partial charge in [0.25, 0.3) is 5.91 Å². The first-order valence-corrected chi connectivity index (χ1v) is 7.54. The molecule has 1 aliphatic rings. The van der Waals surface area contributed by atoms with Crippen LogP contribution in [0, 0.1) is 13.8 Å². The van der Waals surface area contributed by atoms with E-state index in [1.54, 1.807) is 32.0 Å². The lowest BCUT2D eigenvalue weighted by Gasteiger charge is -2.20. The van der Waals surface area contributed by atoms with Crippen LogP contribution in [0.5, 0.6) is 0 Å². The second-order valence-corrected chi connectivity index (χ2v) is 6.37. The average molecular weight is 364 g/mol. The lowest BCUT2D eigenvalue weighted by Crippen LogP contribution is -2.36. The van der Waals surface area contributed by atoms with Crippen molar-refractivity contribution in [2.45, 2.75) is 25.9 Å². The van der Waals surface area contributed by atoms with Gasteiger partial charge in [-0.2, -0.15) is 0 Å². The van der Waals surface area contributed by atoms with Gasteiger partial charge >= 0.3 is 0 Å². The summed E-state index contributed by atoms with van der Waals surface area (Å²) in [7, 11) is 0. The number of rotatable bonds is 3. The standard InChI is InChI=1S/C16H14BrNO4/c1-8-7-22-9(2)14(8)13(19)6-16(21)11-5-10(17)3-4-12(11)18-15(16)20/h3-5,7,21H,6H2,1-2H3,(H,18,20). The number of nitrogens with one attached hydrogen (secondary N) is 1. The van der Waals surface area contributed by atoms with Crippen LogP contribution in [0.1, 0.15) is 33.7 Å². The normalized spacial score (nSPS) is 19.9. The number of hydrogen-bond donors (Lipinski definition) is 2. The van der Waals surface area contributed by atoms with E-state index >= 15 is 0 Å². The van der Waals surface area contributed by atoms with Gasteiger partial charge in [-0.15, -0.1) is 0 Å². The van der Waals surface area contributed by atoms with Crippen LogP contribution < -0.4 is 5.32 Å². The van der Waals surface area contributed by atoms with Crippen LogP contribution in [0.4, 0.5) is 5.69 Å². The number of amides is 1. The monoisotopic (exact) mass is 363 g/mol. The molecule has 0 aliphatic carbocycles. The van der Waals surface area contributed by atoms with Gasteiger partial charge in [0, 0.05) is 15.7 Å². The lowest BCUT2D eigenvalue weighted by atomic mass is 9.87. The van der Waals surface area contributed by atoms with Gasteiger partial charge in [0.15, 0.2) is 11.4 Å². The van der Waals surface area contributed by atoms with Crippen molar-refractivity contribution in [2.75, 3.05) is 5.32 Å². The van der Waals surface area contributed by atoms with Gasteiger partial charge in [0.05, 0.1) is 18.2 Å². The molecule has 0 saturated carbocycles. The fourth-order valence-electron chi connectivity index (χ4n) is 2.80. The summed E-state index contributed by atoms with van der Waals surface area (Å²) in [5, 5.41) is 13.4. The molecule has 0 fully saturated rings. The van der Waals surface area contributed by atoms with Gasteiger partial charge in [-0.3, -0.25) is 9.59 Å². The van der Waals surface area contributed by atoms with Crippen LogP contribution >= 0.6 is 15.9 Å². The highest BCUT2D eigenvalue weighted by molar-refractivity contribution is 9.10. The molecular formula is C16H14BrNO4. The van der Waals surface area contributed by atoms with Crippen molar-refractivity contribution in [3.63, 3.8) is 0 Å². The predicted molar refractivity (Wildman–Crippen MR) is 83.8 cm³/mol. The smallest absolute Gasteiger partial charge is 0.261 e. The summed E-state index contributed by atoms with van der Waals surface area (Å²) in [4.78, 5) is 24.7. The Morgan fingerprint density at radius 2 is 2.14 bits per heavy atom. The SMILES string of the molecule is Cc1coc(C)c1C(=O)CC1(O)C(=O)Nc2ccc(Br)cc21. The van der Waals surface area contributed by atoms with Crippen molar-refractivity contribution in [2.24, 2.45) is 0 Å². The number of fused-ring (bicyclic) bond motifs is 1. The van der Waals surface area contributed by atoms with E-state index in [1.807, 2.05) is 0 Å². The fourth-order valence-corrected chi connectivity index (χ4v) is 3.16. The minimum absolute atomic E-state index is 0.325. The quantitative estimate of drug-likeness (QED) is 0.821. The molecule has 2 N–H and O–H groups in total. The maximum Gasteiger partial charge on any atom is 0.261 e. The molecule has 0 spiro atoms. The van der Waals surface area contributed by atoms with Gasteiger partial charge in [-0.1, -0.05) is 15.9 Å². The first kappa shape index (κ1) is 15.0. The Balaban J connectivity index is 2.00. The Morgan fingerprint density at radius 1 is 1.41 bits per heavy atom. The molecule has 1 atom stereocenters. The average Bonchev–Trinajstić information content (AvgIpc) is 2.90. The third-order valence-corrected chi connectivity index (χ3v) is 4.40. The third-order valence-electron chi connectivity index (χ3n) is 3.91. The maximum atomic E-state index is 12.5. The van der Waals surface area contributed by atoms with E-state index in [2.05, 4.69) is 21.2 Å². The second kappa shape index (κ2) is 5.07. The first-order chi connectivity index (χ1) is 10.3. The third kappa shape index (κ3) is 2.19. The first-order valence-electron chi connectivity index (χ1n) is 6.74. The molecule has 6 heteroatoms. The van der Waals surface area contributed by atoms with Crippen molar-refractivity contribution >= 4 is 33.3 Å². The van der Waals surface area contributed by atoms with Crippen molar-refractivity contribution in [3.8, 4) is 0 Å². The fraction of sp³-hybridized carbons (Fsp3) is 0.250. The van der Waals surface area contributed by atoms with Crippen LogP contribution in [0.2, 0.25) is 0 Å². The Kier molecular flexibility index (Phi) is 3.45. The molecule has 0 radical (unpaired) electrons. The molecule has 2 heterocycles. The summed E-state index contributed by atoms with van der Waals surface area (Å²) in [6.45, 7) is 3.44. The maximum absolute atomic E-state index is 12.5. The van der Waals surface area contributed by atoms with E-state index in [1.165, 1.54) is 6.26 Å².